The smallest absolute Gasteiger partial charge is 0.273 e. The molecule has 3 rings (SSSR count). The van der Waals surface area contributed by atoms with Crippen LogP contribution < -0.4 is 4.90 Å². The number of aromatic nitrogens is 1. The molecule has 0 saturated carbocycles. The Morgan fingerprint density at radius 3 is 2.81 bits per heavy atom. The molecule has 0 spiro atoms. The highest BCUT2D eigenvalue weighted by molar-refractivity contribution is 7.14. The fraction of sp³-hybridized carbons (Fsp3) is 0.600. The predicted octanol–water partition coefficient (Wildman–Crippen LogP) is 0.170. The van der Waals surface area contributed by atoms with Gasteiger partial charge in [0, 0.05) is 31.6 Å². The minimum absolute atomic E-state index is 0.0369. The zero-order valence-corrected chi connectivity index (χ0v) is 9.61. The Morgan fingerprint density at radius 1 is 1.50 bits per heavy atom. The standard InChI is InChI=1S/C10H13N3O2S/c14-7-4-13(5-7)10-11-8(6-16-10)9(15)12-2-1-3-12/h6-7,14H,1-5H2. The summed E-state index contributed by atoms with van der Waals surface area (Å²) in [7, 11) is 0. The first-order valence-corrected chi connectivity index (χ1v) is 6.30. The van der Waals surface area contributed by atoms with Crippen molar-refractivity contribution in [3.05, 3.63) is 11.1 Å². The number of aliphatic hydroxyl groups is 1. The second-order valence-corrected chi connectivity index (χ2v) is 5.06. The third kappa shape index (κ3) is 1.58. The van der Waals surface area contributed by atoms with Crippen molar-refractivity contribution in [1.29, 1.82) is 0 Å². The molecule has 2 fully saturated rings. The third-order valence-electron chi connectivity index (χ3n) is 2.99. The first kappa shape index (κ1) is 10.0. The predicted molar refractivity (Wildman–Crippen MR) is 60.9 cm³/mol. The molecule has 0 aliphatic carbocycles. The number of anilines is 1. The molecular formula is C10H13N3O2S. The summed E-state index contributed by atoms with van der Waals surface area (Å²) in [6, 6.07) is 0. The molecule has 5 nitrogen and oxygen atoms in total. The fourth-order valence-corrected chi connectivity index (χ4v) is 2.62. The first-order chi connectivity index (χ1) is 7.74. The summed E-state index contributed by atoms with van der Waals surface area (Å²) in [5.74, 6) is 0.0369. The molecule has 0 atom stereocenters. The molecule has 0 unspecified atom stereocenters. The number of hydrogen-bond donors (Lipinski definition) is 1. The lowest BCUT2D eigenvalue weighted by Gasteiger charge is -2.35. The summed E-state index contributed by atoms with van der Waals surface area (Å²) < 4.78 is 0. The van der Waals surface area contributed by atoms with E-state index >= 15 is 0 Å². The molecule has 1 aromatic rings. The second-order valence-electron chi connectivity index (χ2n) is 4.22. The minimum Gasteiger partial charge on any atom is -0.389 e. The van der Waals surface area contributed by atoms with Crippen molar-refractivity contribution in [2.24, 2.45) is 0 Å². The number of amides is 1. The summed E-state index contributed by atoms with van der Waals surface area (Å²) >= 11 is 1.47. The molecule has 0 radical (unpaired) electrons. The van der Waals surface area contributed by atoms with Crippen LogP contribution in [0, 0.1) is 0 Å². The maximum Gasteiger partial charge on any atom is 0.273 e. The van der Waals surface area contributed by atoms with Gasteiger partial charge in [-0.3, -0.25) is 4.79 Å². The molecular weight excluding hydrogens is 226 g/mol. The quantitative estimate of drug-likeness (QED) is 0.799. The van der Waals surface area contributed by atoms with E-state index in [-0.39, 0.29) is 12.0 Å². The summed E-state index contributed by atoms with van der Waals surface area (Å²) in [6.07, 6.45) is 0.861. The summed E-state index contributed by atoms with van der Waals surface area (Å²) in [5.41, 5.74) is 0.543. The van der Waals surface area contributed by atoms with E-state index in [0.717, 1.165) is 24.6 Å². The highest BCUT2D eigenvalue weighted by Gasteiger charge is 2.29. The Kier molecular flexibility index (Phi) is 2.33. The Labute approximate surface area is 97.3 Å². The van der Waals surface area contributed by atoms with Crippen LogP contribution in [0.3, 0.4) is 0 Å². The van der Waals surface area contributed by atoms with E-state index in [0.29, 0.717) is 18.8 Å². The maximum absolute atomic E-state index is 11.8. The van der Waals surface area contributed by atoms with E-state index in [1.165, 1.54) is 11.3 Å². The van der Waals surface area contributed by atoms with Crippen molar-refractivity contribution in [3.63, 3.8) is 0 Å². The van der Waals surface area contributed by atoms with Crippen LogP contribution in [-0.2, 0) is 0 Å². The average molecular weight is 239 g/mol. The van der Waals surface area contributed by atoms with Gasteiger partial charge in [0.05, 0.1) is 6.10 Å². The molecule has 1 aromatic heterocycles. The highest BCUT2D eigenvalue weighted by Crippen LogP contribution is 2.26. The lowest BCUT2D eigenvalue weighted by molar-refractivity contribution is 0.0646. The van der Waals surface area contributed by atoms with Crippen LogP contribution in [-0.4, -0.2) is 53.2 Å². The Morgan fingerprint density at radius 2 is 2.25 bits per heavy atom. The number of aliphatic hydroxyl groups excluding tert-OH is 1. The lowest BCUT2D eigenvalue weighted by atomic mass is 10.2. The van der Waals surface area contributed by atoms with Gasteiger partial charge in [-0.05, 0) is 6.42 Å². The van der Waals surface area contributed by atoms with Crippen LogP contribution in [0.1, 0.15) is 16.9 Å². The van der Waals surface area contributed by atoms with E-state index in [2.05, 4.69) is 4.98 Å². The van der Waals surface area contributed by atoms with Crippen LogP contribution in [0.2, 0.25) is 0 Å². The van der Waals surface area contributed by atoms with Gasteiger partial charge in [0.15, 0.2) is 5.13 Å². The summed E-state index contributed by atoms with van der Waals surface area (Å²) in [6.45, 7) is 2.97. The number of nitrogens with zero attached hydrogens (tertiary/aromatic N) is 3. The van der Waals surface area contributed by atoms with Gasteiger partial charge in [0.25, 0.3) is 5.91 Å². The van der Waals surface area contributed by atoms with E-state index in [1.54, 1.807) is 5.38 Å². The number of carbonyl (C=O) groups excluding carboxylic acids is 1. The number of rotatable bonds is 2. The fourth-order valence-electron chi connectivity index (χ4n) is 1.80. The molecule has 0 bridgehead atoms. The van der Waals surface area contributed by atoms with E-state index < -0.39 is 0 Å². The van der Waals surface area contributed by atoms with E-state index in [4.69, 9.17) is 0 Å². The van der Waals surface area contributed by atoms with Crippen molar-refractivity contribution in [1.82, 2.24) is 9.88 Å². The molecule has 3 heterocycles. The Hall–Kier alpha value is -1.14. The number of likely N-dealkylation sites (tertiary alicyclic amines) is 1. The zero-order valence-electron chi connectivity index (χ0n) is 8.80. The monoisotopic (exact) mass is 239 g/mol. The van der Waals surface area contributed by atoms with Crippen LogP contribution in [0.5, 0.6) is 0 Å². The van der Waals surface area contributed by atoms with Crippen molar-refractivity contribution < 1.29 is 9.90 Å². The van der Waals surface area contributed by atoms with Crippen molar-refractivity contribution in [3.8, 4) is 0 Å². The molecule has 1 N–H and O–H groups in total. The molecule has 2 aliphatic rings. The Balaban J connectivity index is 1.69. The van der Waals surface area contributed by atoms with Gasteiger partial charge >= 0.3 is 0 Å². The number of hydrogen-bond acceptors (Lipinski definition) is 5. The lowest BCUT2D eigenvalue weighted by Crippen LogP contribution is -2.50. The van der Waals surface area contributed by atoms with Gasteiger partial charge in [-0.15, -0.1) is 11.3 Å². The molecule has 2 aliphatic heterocycles. The van der Waals surface area contributed by atoms with Crippen molar-refractivity contribution >= 4 is 22.4 Å². The number of thiazole rings is 1. The number of carbonyl (C=O) groups is 1. The van der Waals surface area contributed by atoms with Gasteiger partial charge in [-0.2, -0.15) is 0 Å². The molecule has 6 heteroatoms. The van der Waals surface area contributed by atoms with Crippen molar-refractivity contribution in [2.45, 2.75) is 12.5 Å². The van der Waals surface area contributed by atoms with Gasteiger partial charge in [0.1, 0.15) is 5.69 Å². The maximum atomic E-state index is 11.8. The average Bonchev–Trinajstić information content (AvgIpc) is 2.58. The van der Waals surface area contributed by atoms with Gasteiger partial charge in [0.2, 0.25) is 0 Å². The molecule has 1 amide bonds. The summed E-state index contributed by atoms with van der Waals surface area (Å²) in [4.78, 5) is 19.9. The minimum atomic E-state index is -0.238. The molecule has 86 valence electrons. The van der Waals surface area contributed by atoms with Gasteiger partial charge < -0.3 is 14.9 Å². The number of β-amino-alcohol motifs (C(OH)–C–C–N with tert-alkyl or cyclic N) is 1. The van der Waals surface area contributed by atoms with Gasteiger partial charge in [-0.25, -0.2) is 4.98 Å². The molecule has 2 saturated heterocycles. The summed E-state index contributed by atoms with van der Waals surface area (Å²) in [5, 5.41) is 11.8. The molecule has 0 aromatic carbocycles. The normalized spacial score (nSPS) is 20.6. The molecule has 16 heavy (non-hydrogen) atoms. The zero-order chi connectivity index (χ0) is 11.1. The Bertz CT molecular complexity index is 410. The SMILES string of the molecule is O=C(c1csc(N2CC(O)C2)n1)N1CCC1. The van der Waals surface area contributed by atoms with E-state index in [1.807, 2.05) is 9.80 Å². The van der Waals surface area contributed by atoms with Gasteiger partial charge in [-0.1, -0.05) is 0 Å². The topological polar surface area (TPSA) is 56.7 Å². The van der Waals surface area contributed by atoms with Crippen molar-refractivity contribution in [2.75, 3.05) is 31.1 Å². The van der Waals surface area contributed by atoms with E-state index in [9.17, 15) is 9.90 Å². The highest BCUT2D eigenvalue weighted by atomic mass is 32.1. The first-order valence-electron chi connectivity index (χ1n) is 5.42. The van der Waals surface area contributed by atoms with Crippen LogP contribution in [0.25, 0.3) is 0 Å². The van der Waals surface area contributed by atoms with Crippen LogP contribution in [0.15, 0.2) is 5.38 Å². The van der Waals surface area contributed by atoms with Crippen LogP contribution in [0.4, 0.5) is 5.13 Å². The van der Waals surface area contributed by atoms with Crippen LogP contribution >= 0.6 is 11.3 Å². The third-order valence-corrected chi connectivity index (χ3v) is 3.89. The largest absolute Gasteiger partial charge is 0.389 e. The second kappa shape index (κ2) is 3.71.